The summed E-state index contributed by atoms with van der Waals surface area (Å²) < 4.78 is 26.8. The van der Waals surface area contributed by atoms with Crippen molar-refractivity contribution >= 4 is 32.1 Å². The van der Waals surface area contributed by atoms with E-state index in [2.05, 4.69) is 0 Å². The van der Waals surface area contributed by atoms with Gasteiger partial charge in [0, 0.05) is 22.9 Å². The van der Waals surface area contributed by atoms with Crippen LogP contribution < -0.4 is 5.56 Å². The highest BCUT2D eigenvalue weighted by molar-refractivity contribution is 7.90. The summed E-state index contributed by atoms with van der Waals surface area (Å²) in [6.07, 6.45) is 0. The Bertz CT molecular complexity index is 1060. The normalized spacial score (nSPS) is 12.0. The molecular weight excluding hydrogens is 330 g/mol. The summed E-state index contributed by atoms with van der Waals surface area (Å²) >= 11 is 1.50. The van der Waals surface area contributed by atoms with E-state index in [4.69, 9.17) is 0 Å². The van der Waals surface area contributed by atoms with E-state index in [1.807, 2.05) is 19.9 Å². The smallest absolute Gasteiger partial charge is 0.250 e. The molecule has 4 nitrogen and oxygen atoms in total. The number of hydrogen-bond acceptors (Lipinski definition) is 4. The lowest BCUT2D eigenvalue weighted by Crippen LogP contribution is -2.15. The van der Waals surface area contributed by atoms with Crippen LogP contribution in [-0.2, 0) is 22.6 Å². The number of sulfone groups is 1. The molecule has 0 N–H and O–H groups in total. The lowest BCUT2D eigenvalue weighted by atomic mass is 10.1. The minimum Gasteiger partial charge on any atom is -0.311 e. The molecule has 0 atom stereocenters. The van der Waals surface area contributed by atoms with E-state index in [0.717, 1.165) is 26.2 Å². The second kappa shape index (κ2) is 5.62. The van der Waals surface area contributed by atoms with Gasteiger partial charge in [0.15, 0.2) is 9.84 Å². The van der Waals surface area contributed by atoms with Gasteiger partial charge in [-0.05, 0) is 49.1 Å². The molecule has 6 heteroatoms. The van der Waals surface area contributed by atoms with Crippen molar-refractivity contribution in [1.82, 2.24) is 4.57 Å². The van der Waals surface area contributed by atoms with Crippen LogP contribution in [-0.4, -0.2) is 13.0 Å². The van der Waals surface area contributed by atoms with Gasteiger partial charge in [-0.25, -0.2) is 8.42 Å². The molecule has 0 unspecified atom stereocenters. The predicted octanol–water partition coefficient (Wildman–Crippen LogP) is 3.19. The Kier molecular flexibility index (Phi) is 3.90. The molecule has 2 heterocycles. The van der Waals surface area contributed by atoms with Crippen LogP contribution in [0.1, 0.15) is 15.3 Å². The van der Waals surface area contributed by atoms with E-state index in [0.29, 0.717) is 4.90 Å². The summed E-state index contributed by atoms with van der Waals surface area (Å²) in [6.45, 7) is 3.74. The molecular formula is C17H17NO3S2. The molecule has 0 amide bonds. The van der Waals surface area contributed by atoms with Gasteiger partial charge in [0.25, 0.3) is 5.56 Å². The number of pyridine rings is 1. The van der Waals surface area contributed by atoms with E-state index >= 15 is 0 Å². The molecule has 3 aromatic rings. The summed E-state index contributed by atoms with van der Waals surface area (Å²) in [6, 6.07) is 10.4. The molecule has 0 spiro atoms. The van der Waals surface area contributed by atoms with Crippen LogP contribution in [0.4, 0.5) is 0 Å². The summed E-state index contributed by atoms with van der Waals surface area (Å²) in [5, 5.41) is 0.859. The van der Waals surface area contributed by atoms with Crippen LogP contribution in [0.25, 0.3) is 10.9 Å². The van der Waals surface area contributed by atoms with Gasteiger partial charge in [-0.2, -0.15) is 0 Å². The third-order valence-corrected chi connectivity index (χ3v) is 6.78. The Labute approximate surface area is 138 Å². The molecule has 0 bridgehead atoms. The SMILES string of the molecule is Cc1cc(S(=O)(=O)Cc2ccc3c(ccc(=O)n3C)c2)c(C)s1. The molecule has 120 valence electrons. The van der Waals surface area contributed by atoms with Gasteiger partial charge in [0.2, 0.25) is 0 Å². The van der Waals surface area contributed by atoms with Crippen LogP contribution in [0.15, 0.2) is 46.1 Å². The summed E-state index contributed by atoms with van der Waals surface area (Å²) in [5.74, 6) is -0.0389. The van der Waals surface area contributed by atoms with Crippen LogP contribution in [0.5, 0.6) is 0 Å². The second-order valence-corrected chi connectivity index (χ2v) is 9.08. The predicted molar refractivity (Wildman–Crippen MR) is 93.9 cm³/mol. The highest BCUT2D eigenvalue weighted by Crippen LogP contribution is 2.28. The number of aromatic nitrogens is 1. The van der Waals surface area contributed by atoms with Crippen molar-refractivity contribution in [2.45, 2.75) is 24.5 Å². The molecule has 0 aliphatic heterocycles. The maximum absolute atomic E-state index is 12.6. The van der Waals surface area contributed by atoms with Crippen LogP contribution in [0, 0.1) is 13.8 Å². The first-order valence-corrected chi connectivity index (χ1v) is 9.63. The van der Waals surface area contributed by atoms with Gasteiger partial charge < -0.3 is 4.57 Å². The van der Waals surface area contributed by atoms with Crippen LogP contribution in [0.2, 0.25) is 0 Å². The third kappa shape index (κ3) is 2.96. The van der Waals surface area contributed by atoms with Crippen molar-refractivity contribution in [2.75, 3.05) is 0 Å². The van der Waals surface area contributed by atoms with Gasteiger partial charge >= 0.3 is 0 Å². The fourth-order valence-corrected chi connectivity index (χ4v) is 5.71. The maximum Gasteiger partial charge on any atom is 0.250 e. The van der Waals surface area contributed by atoms with Crippen LogP contribution >= 0.6 is 11.3 Å². The number of hydrogen-bond donors (Lipinski definition) is 0. The Morgan fingerprint density at radius 3 is 2.48 bits per heavy atom. The zero-order valence-corrected chi connectivity index (χ0v) is 14.8. The van der Waals surface area contributed by atoms with Crippen molar-refractivity contribution < 1.29 is 8.42 Å². The second-order valence-electron chi connectivity index (χ2n) is 5.66. The number of fused-ring (bicyclic) bond motifs is 1. The maximum atomic E-state index is 12.6. The third-order valence-electron chi connectivity index (χ3n) is 3.88. The first kappa shape index (κ1) is 16.0. The fourth-order valence-electron chi connectivity index (χ4n) is 2.74. The quantitative estimate of drug-likeness (QED) is 0.731. The number of aryl methyl sites for hydroxylation is 3. The lowest BCUT2D eigenvalue weighted by Gasteiger charge is -2.08. The largest absolute Gasteiger partial charge is 0.311 e. The minimum atomic E-state index is -3.37. The molecule has 0 fully saturated rings. The summed E-state index contributed by atoms with van der Waals surface area (Å²) in [5.41, 5.74) is 1.43. The molecule has 0 aliphatic carbocycles. The van der Waals surface area contributed by atoms with Crippen molar-refractivity contribution in [3.05, 3.63) is 62.1 Å². The van der Waals surface area contributed by atoms with E-state index < -0.39 is 9.84 Å². The van der Waals surface area contributed by atoms with Gasteiger partial charge in [-0.3, -0.25) is 4.79 Å². The van der Waals surface area contributed by atoms with E-state index in [1.54, 1.807) is 35.9 Å². The first-order chi connectivity index (χ1) is 10.8. The standard InChI is InChI=1S/C17H17NO3S2/c1-11-8-16(12(2)22-11)23(20,21)10-13-4-6-15-14(9-13)5-7-17(19)18(15)3/h4-9H,10H2,1-3H3. The van der Waals surface area contributed by atoms with Gasteiger partial charge in [-0.15, -0.1) is 11.3 Å². The molecule has 3 rings (SSSR count). The molecule has 2 aromatic heterocycles. The Morgan fingerprint density at radius 1 is 1.09 bits per heavy atom. The molecule has 0 radical (unpaired) electrons. The van der Waals surface area contributed by atoms with Crippen molar-refractivity contribution in [3.8, 4) is 0 Å². The molecule has 0 saturated carbocycles. The fraction of sp³-hybridized carbons (Fsp3) is 0.235. The Balaban J connectivity index is 2.03. The van der Waals surface area contributed by atoms with Crippen LogP contribution in [0.3, 0.4) is 0 Å². The minimum absolute atomic E-state index is 0.0389. The molecule has 0 aliphatic rings. The zero-order valence-electron chi connectivity index (χ0n) is 13.2. The van der Waals surface area contributed by atoms with E-state index in [-0.39, 0.29) is 11.3 Å². The van der Waals surface area contributed by atoms with E-state index in [1.165, 1.54) is 17.4 Å². The van der Waals surface area contributed by atoms with Crippen molar-refractivity contribution in [1.29, 1.82) is 0 Å². The zero-order chi connectivity index (χ0) is 16.8. The Hall–Kier alpha value is -1.92. The first-order valence-electron chi connectivity index (χ1n) is 7.16. The van der Waals surface area contributed by atoms with E-state index in [9.17, 15) is 13.2 Å². The average molecular weight is 347 g/mol. The number of thiophene rings is 1. The number of nitrogens with zero attached hydrogens (tertiary/aromatic N) is 1. The Morgan fingerprint density at radius 2 is 1.83 bits per heavy atom. The summed E-state index contributed by atoms with van der Waals surface area (Å²) in [7, 11) is -1.66. The number of benzene rings is 1. The molecule has 0 saturated heterocycles. The van der Waals surface area contributed by atoms with Gasteiger partial charge in [0.05, 0.1) is 16.2 Å². The molecule has 23 heavy (non-hydrogen) atoms. The van der Waals surface area contributed by atoms with Crippen molar-refractivity contribution in [2.24, 2.45) is 7.05 Å². The lowest BCUT2D eigenvalue weighted by molar-refractivity contribution is 0.595. The molecule has 1 aromatic carbocycles. The topological polar surface area (TPSA) is 56.1 Å². The summed E-state index contributed by atoms with van der Waals surface area (Å²) in [4.78, 5) is 13.9. The highest BCUT2D eigenvalue weighted by atomic mass is 32.2. The highest BCUT2D eigenvalue weighted by Gasteiger charge is 2.20. The van der Waals surface area contributed by atoms with Gasteiger partial charge in [0.1, 0.15) is 0 Å². The average Bonchev–Trinajstić information content (AvgIpc) is 2.82. The monoisotopic (exact) mass is 347 g/mol. The van der Waals surface area contributed by atoms with Gasteiger partial charge in [-0.1, -0.05) is 6.07 Å². The number of rotatable bonds is 3. The van der Waals surface area contributed by atoms with Crippen molar-refractivity contribution in [3.63, 3.8) is 0 Å².